The van der Waals surface area contributed by atoms with E-state index in [9.17, 15) is 0 Å². The third-order valence-electron chi connectivity index (χ3n) is 4.11. The van der Waals surface area contributed by atoms with Gasteiger partial charge in [0.25, 0.3) is 0 Å². The first kappa shape index (κ1) is 22.4. The number of rotatable bonds is 15. The summed E-state index contributed by atoms with van der Waals surface area (Å²) in [6, 6.07) is 0. The Hall–Kier alpha value is 0.412. The fourth-order valence-corrected chi connectivity index (χ4v) is 4.76. The molecule has 0 heterocycles. The minimum atomic E-state index is -2.06. The Kier molecular flexibility index (Phi) is 15.3. The summed E-state index contributed by atoms with van der Waals surface area (Å²) < 4.78 is 18.9. The van der Waals surface area contributed by atoms with Gasteiger partial charge in [-0.25, -0.2) is 0 Å². The average molecular weight is 330 g/mol. The molecule has 0 N–H and O–H groups in total. The third kappa shape index (κ3) is 10.2. The second-order valence-corrected chi connectivity index (χ2v) is 7.55. The van der Waals surface area contributed by atoms with Crippen LogP contribution in [0, 0.1) is 0 Å². The van der Waals surface area contributed by atoms with Crippen molar-refractivity contribution in [3.05, 3.63) is 0 Å². The van der Waals surface area contributed by atoms with Gasteiger partial charge in [0.2, 0.25) is 0 Å². The van der Waals surface area contributed by atoms with E-state index in [-0.39, 0.29) is 0 Å². The molecule has 0 saturated carbocycles. The summed E-state index contributed by atoms with van der Waals surface area (Å²) >= 11 is -2.06. The Morgan fingerprint density at radius 2 is 0.818 bits per heavy atom. The molecule has 22 heavy (non-hydrogen) atoms. The van der Waals surface area contributed by atoms with Crippen LogP contribution in [-0.4, -0.2) is 33.5 Å². The Morgan fingerprint density at radius 1 is 0.545 bits per heavy atom. The fourth-order valence-electron chi connectivity index (χ4n) is 2.64. The summed E-state index contributed by atoms with van der Waals surface area (Å²) in [6.07, 6.45) is 10.7. The van der Waals surface area contributed by atoms with Crippen molar-refractivity contribution in [1.29, 1.82) is 0 Å². The molecule has 0 aliphatic rings. The van der Waals surface area contributed by atoms with Crippen molar-refractivity contribution in [3.63, 3.8) is 0 Å². The van der Waals surface area contributed by atoms with Gasteiger partial charge in [0, 0.05) is 18.3 Å². The zero-order valence-electron chi connectivity index (χ0n) is 15.9. The first-order valence-corrected chi connectivity index (χ1v) is 11.0. The second kappa shape index (κ2) is 15.0. The van der Waals surface area contributed by atoms with E-state index >= 15 is 0 Å². The van der Waals surface area contributed by atoms with Crippen molar-refractivity contribution in [1.82, 2.24) is 0 Å². The molecule has 0 aromatic carbocycles. The van der Waals surface area contributed by atoms with Crippen LogP contribution in [0.25, 0.3) is 0 Å². The highest BCUT2D eigenvalue weighted by atomic mass is 27.3. The van der Waals surface area contributed by atoms with Crippen LogP contribution in [0.5, 0.6) is 0 Å². The molecule has 0 aliphatic carbocycles. The van der Waals surface area contributed by atoms with Crippen LogP contribution in [0.3, 0.4) is 0 Å². The van der Waals surface area contributed by atoms with Crippen molar-refractivity contribution >= 4 is 15.1 Å². The highest BCUT2D eigenvalue weighted by molar-refractivity contribution is 6.36. The molecule has 3 nitrogen and oxygen atoms in total. The molecular weight excluding hydrogens is 291 g/mol. The molecule has 4 heteroatoms. The van der Waals surface area contributed by atoms with Gasteiger partial charge >= 0.3 is 15.1 Å². The number of hydrogen-bond donors (Lipinski definition) is 0. The molecule has 0 aromatic heterocycles. The first-order chi connectivity index (χ1) is 10.6. The highest BCUT2D eigenvalue weighted by Gasteiger charge is 2.38. The first-order valence-electron chi connectivity index (χ1n) is 9.61. The van der Waals surface area contributed by atoms with Gasteiger partial charge in [0.15, 0.2) is 0 Å². The minimum absolute atomic E-state index is 0.292. The Bertz CT molecular complexity index is 200. The van der Waals surface area contributed by atoms with Gasteiger partial charge in [-0.3, -0.25) is 0 Å². The maximum absolute atomic E-state index is 6.29. The summed E-state index contributed by atoms with van der Waals surface area (Å²) in [5.74, 6) is 0. The third-order valence-corrected chi connectivity index (χ3v) is 5.93. The van der Waals surface area contributed by atoms with E-state index in [0.717, 1.165) is 57.8 Å². The van der Waals surface area contributed by atoms with Gasteiger partial charge in [-0.2, -0.15) is 0 Å². The van der Waals surface area contributed by atoms with E-state index in [4.69, 9.17) is 11.4 Å². The van der Waals surface area contributed by atoms with E-state index in [1.54, 1.807) is 0 Å². The Morgan fingerprint density at radius 3 is 1.00 bits per heavy atom. The molecule has 0 radical (unpaired) electrons. The fraction of sp³-hybridized carbons (Fsp3) is 1.00. The molecule has 0 saturated heterocycles. The summed E-state index contributed by atoms with van der Waals surface area (Å²) in [4.78, 5) is 0. The van der Waals surface area contributed by atoms with Crippen molar-refractivity contribution in [2.75, 3.05) is 0 Å². The van der Waals surface area contributed by atoms with Gasteiger partial charge in [-0.05, 0) is 38.5 Å². The molecular formula is C18H39AlO3. The van der Waals surface area contributed by atoms with Crippen LogP contribution in [0.2, 0.25) is 0 Å². The minimum Gasteiger partial charge on any atom is -0.452 e. The Balaban J connectivity index is 4.71. The molecule has 0 rings (SSSR count). The van der Waals surface area contributed by atoms with Crippen LogP contribution in [0.1, 0.15) is 99.3 Å². The zero-order chi connectivity index (χ0) is 16.8. The smallest absolute Gasteiger partial charge is 0.452 e. The van der Waals surface area contributed by atoms with Crippen molar-refractivity contribution in [3.8, 4) is 0 Å². The SMILES string of the molecule is CCCC(CC)[O][Al]([O]C(CC)CCC)[O]C(CC)CCC. The lowest BCUT2D eigenvalue weighted by Crippen LogP contribution is -2.38. The van der Waals surface area contributed by atoms with Gasteiger partial charge in [-0.15, -0.1) is 0 Å². The normalized spacial score (nSPS) is 15.5. The van der Waals surface area contributed by atoms with E-state index in [0.29, 0.717) is 18.3 Å². The largest absolute Gasteiger partial charge is 0.906 e. The topological polar surface area (TPSA) is 27.7 Å². The van der Waals surface area contributed by atoms with Crippen LogP contribution >= 0.6 is 0 Å². The average Bonchev–Trinajstić information content (AvgIpc) is 2.53. The maximum Gasteiger partial charge on any atom is 0.906 e. The molecule has 0 aliphatic heterocycles. The van der Waals surface area contributed by atoms with Gasteiger partial charge in [0.05, 0.1) is 0 Å². The second-order valence-electron chi connectivity index (χ2n) is 6.15. The molecule has 3 unspecified atom stereocenters. The summed E-state index contributed by atoms with van der Waals surface area (Å²) in [5.41, 5.74) is 0. The quantitative estimate of drug-likeness (QED) is 0.357. The molecule has 0 bridgehead atoms. The zero-order valence-corrected chi connectivity index (χ0v) is 17.1. The molecule has 0 spiro atoms. The molecule has 132 valence electrons. The van der Waals surface area contributed by atoms with Crippen LogP contribution < -0.4 is 0 Å². The van der Waals surface area contributed by atoms with Gasteiger partial charge < -0.3 is 11.4 Å². The van der Waals surface area contributed by atoms with E-state index < -0.39 is 15.1 Å². The van der Waals surface area contributed by atoms with Crippen LogP contribution in [-0.2, 0) is 11.4 Å². The van der Waals surface area contributed by atoms with E-state index in [1.165, 1.54) is 0 Å². The molecule has 0 aromatic rings. The predicted molar refractivity (Wildman–Crippen MR) is 96.0 cm³/mol. The van der Waals surface area contributed by atoms with Crippen molar-refractivity contribution in [2.45, 2.75) is 118 Å². The lowest BCUT2D eigenvalue weighted by molar-refractivity contribution is -0.000804. The van der Waals surface area contributed by atoms with Crippen LogP contribution in [0.15, 0.2) is 0 Å². The van der Waals surface area contributed by atoms with E-state index in [2.05, 4.69) is 41.5 Å². The van der Waals surface area contributed by atoms with Gasteiger partial charge in [0.1, 0.15) is 0 Å². The lowest BCUT2D eigenvalue weighted by atomic mass is 10.2. The van der Waals surface area contributed by atoms with Gasteiger partial charge in [-0.1, -0.05) is 60.8 Å². The standard InChI is InChI=1S/3C6H13O.Al/c3*1-3-5-6(7)4-2;/h3*6H,3-5H2,1-2H3;/q3*-1;+3. The maximum atomic E-state index is 6.29. The summed E-state index contributed by atoms with van der Waals surface area (Å²) in [7, 11) is 0. The number of hydrogen-bond acceptors (Lipinski definition) is 3. The predicted octanol–water partition coefficient (Wildman–Crippen LogP) is 5.76. The monoisotopic (exact) mass is 330 g/mol. The summed E-state index contributed by atoms with van der Waals surface area (Å²) in [5, 5.41) is 0. The van der Waals surface area contributed by atoms with E-state index in [1.807, 2.05) is 0 Å². The lowest BCUT2D eigenvalue weighted by Gasteiger charge is -2.27. The summed E-state index contributed by atoms with van der Waals surface area (Å²) in [6.45, 7) is 13.2. The van der Waals surface area contributed by atoms with Crippen molar-refractivity contribution < 1.29 is 11.4 Å². The van der Waals surface area contributed by atoms with Crippen LogP contribution in [0.4, 0.5) is 0 Å². The molecule has 3 atom stereocenters. The Labute approximate surface area is 144 Å². The molecule has 0 fully saturated rings. The highest BCUT2D eigenvalue weighted by Crippen LogP contribution is 2.17. The van der Waals surface area contributed by atoms with Crippen molar-refractivity contribution in [2.24, 2.45) is 0 Å². The molecule has 0 amide bonds.